The van der Waals surface area contributed by atoms with E-state index in [9.17, 15) is 4.79 Å². The van der Waals surface area contributed by atoms with Crippen LogP contribution in [-0.4, -0.2) is 25.0 Å². The molecule has 2 aromatic carbocycles. The van der Waals surface area contributed by atoms with Crippen LogP contribution in [0.5, 0.6) is 5.75 Å². The van der Waals surface area contributed by atoms with Crippen LogP contribution in [0, 0.1) is 0 Å². The zero-order valence-electron chi connectivity index (χ0n) is 15.5. The molecule has 0 unspecified atom stereocenters. The molecule has 0 fully saturated rings. The second-order valence-corrected chi connectivity index (χ2v) is 6.62. The molecule has 0 aliphatic heterocycles. The molecule has 2 aromatic rings. The zero-order valence-corrected chi connectivity index (χ0v) is 17.1. The van der Waals surface area contributed by atoms with Gasteiger partial charge in [-0.1, -0.05) is 58.4 Å². The molecule has 0 heterocycles. The summed E-state index contributed by atoms with van der Waals surface area (Å²) in [5.41, 5.74) is 6.01. The minimum Gasteiger partial charge on any atom is -0.493 e. The van der Waals surface area contributed by atoms with Gasteiger partial charge in [0.2, 0.25) is 0 Å². The van der Waals surface area contributed by atoms with Gasteiger partial charge < -0.3 is 9.47 Å². The lowest BCUT2D eigenvalue weighted by Crippen LogP contribution is -2.19. The second kappa shape index (κ2) is 11.4. The summed E-state index contributed by atoms with van der Waals surface area (Å²) in [5.74, 6) is 0.408. The molecule has 0 aromatic heterocycles. The third-order valence-corrected chi connectivity index (χ3v) is 4.17. The first kappa shape index (κ1) is 21.0. The van der Waals surface area contributed by atoms with Gasteiger partial charge in [-0.3, -0.25) is 10.3 Å². The van der Waals surface area contributed by atoms with E-state index < -0.39 is 0 Å². The number of hydrogen-bond acceptors (Lipinski definition) is 5. The Balaban J connectivity index is 2.02. The maximum absolute atomic E-state index is 12.2. The zero-order chi connectivity index (χ0) is 19.5. The number of allylic oxidation sites excluding steroid dienone is 1. The van der Waals surface area contributed by atoms with E-state index in [1.165, 1.54) is 7.11 Å². The lowest BCUT2D eigenvalue weighted by molar-refractivity contribution is -0.136. The Kier molecular flexibility index (Phi) is 8.87. The predicted molar refractivity (Wildman–Crippen MR) is 109 cm³/mol. The quantitative estimate of drug-likeness (QED) is 0.263. The molecular formula is C21H24BrNO4. The molecule has 27 heavy (non-hydrogen) atoms. The number of benzene rings is 2. The first-order chi connectivity index (χ1) is 13.1. The normalized spacial score (nSPS) is 11.5. The van der Waals surface area contributed by atoms with Gasteiger partial charge in [-0.15, -0.1) is 0 Å². The third-order valence-electron chi connectivity index (χ3n) is 3.84. The van der Waals surface area contributed by atoms with Crippen LogP contribution in [0.3, 0.4) is 0 Å². The summed E-state index contributed by atoms with van der Waals surface area (Å²) in [5, 5.41) is 0.776. The van der Waals surface area contributed by atoms with E-state index in [-0.39, 0.29) is 5.97 Å². The SMILES string of the molecule is COC(=O)C(Cc1ccc(OCCBr)cc1)=C(C)NOCc1ccccc1. The lowest BCUT2D eigenvalue weighted by Gasteiger charge is -2.13. The van der Waals surface area contributed by atoms with Gasteiger partial charge >= 0.3 is 5.97 Å². The number of alkyl halides is 1. The van der Waals surface area contributed by atoms with Crippen molar-refractivity contribution < 1.29 is 19.1 Å². The van der Waals surface area contributed by atoms with Crippen LogP contribution < -0.4 is 10.2 Å². The average molecular weight is 434 g/mol. The van der Waals surface area contributed by atoms with Crippen molar-refractivity contribution in [3.05, 3.63) is 77.0 Å². The van der Waals surface area contributed by atoms with Crippen LogP contribution in [0.2, 0.25) is 0 Å². The highest BCUT2D eigenvalue weighted by Crippen LogP contribution is 2.17. The molecule has 0 saturated carbocycles. The van der Waals surface area contributed by atoms with Gasteiger partial charge in [-0.05, 0) is 30.2 Å². The van der Waals surface area contributed by atoms with Crippen molar-refractivity contribution >= 4 is 21.9 Å². The largest absolute Gasteiger partial charge is 0.493 e. The molecule has 0 saturated heterocycles. The van der Waals surface area contributed by atoms with E-state index in [1.54, 1.807) is 6.92 Å². The van der Waals surface area contributed by atoms with Crippen molar-refractivity contribution in [2.75, 3.05) is 19.0 Å². The number of halogens is 1. The fourth-order valence-corrected chi connectivity index (χ4v) is 2.57. The summed E-state index contributed by atoms with van der Waals surface area (Å²) in [4.78, 5) is 17.7. The number of hydroxylamine groups is 1. The summed E-state index contributed by atoms with van der Waals surface area (Å²) in [6.45, 7) is 2.80. The van der Waals surface area contributed by atoms with Gasteiger partial charge in [-0.2, -0.15) is 0 Å². The maximum Gasteiger partial charge on any atom is 0.335 e. The molecule has 6 heteroatoms. The molecule has 2 rings (SSSR count). The predicted octanol–water partition coefficient (Wildman–Crippen LogP) is 4.17. The first-order valence-electron chi connectivity index (χ1n) is 8.61. The van der Waals surface area contributed by atoms with E-state index in [2.05, 4.69) is 21.4 Å². The van der Waals surface area contributed by atoms with E-state index >= 15 is 0 Å². The Labute approximate surface area is 168 Å². The molecule has 5 nitrogen and oxygen atoms in total. The van der Waals surface area contributed by atoms with Gasteiger partial charge in [0.05, 0.1) is 25.9 Å². The Morgan fingerprint density at radius 2 is 1.74 bits per heavy atom. The number of ether oxygens (including phenoxy) is 2. The number of methoxy groups -OCH3 is 1. The van der Waals surface area contributed by atoms with Crippen LogP contribution in [-0.2, 0) is 27.4 Å². The van der Waals surface area contributed by atoms with Crippen LogP contribution >= 0.6 is 15.9 Å². The van der Waals surface area contributed by atoms with Crippen LogP contribution in [0.25, 0.3) is 0 Å². The van der Waals surface area contributed by atoms with Crippen LogP contribution in [0.15, 0.2) is 65.9 Å². The van der Waals surface area contributed by atoms with Gasteiger partial charge in [0.25, 0.3) is 0 Å². The molecule has 0 aliphatic rings. The number of esters is 1. The van der Waals surface area contributed by atoms with Crippen LogP contribution in [0.1, 0.15) is 18.1 Å². The number of nitrogens with one attached hydrogen (secondary N) is 1. The third kappa shape index (κ3) is 7.07. The average Bonchev–Trinajstić information content (AvgIpc) is 2.71. The Hall–Kier alpha value is -2.31. The van der Waals surface area contributed by atoms with Crippen molar-refractivity contribution in [2.45, 2.75) is 20.0 Å². The molecule has 0 amide bonds. The van der Waals surface area contributed by atoms with Crippen LogP contribution in [0.4, 0.5) is 0 Å². The molecular weight excluding hydrogens is 410 g/mol. The Bertz CT molecular complexity index is 745. The maximum atomic E-state index is 12.2. The van der Waals surface area contributed by atoms with Crippen molar-refractivity contribution in [1.82, 2.24) is 5.48 Å². The van der Waals surface area contributed by atoms with Gasteiger partial charge in [-0.25, -0.2) is 4.79 Å². The number of carbonyl (C=O) groups is 1. The topological polar surface area (TPSA) is 56.8 Å². The second-order valence-electron chi connectivity index (χ2n) is 5.83. The summed E-state index contributed by atoms with van der Waals surface area (Å²) in [6, 6.07) is 17.5. The Morgan fingerprint density at radius 3 is 2.37 bits per heavy atom. The monoisotopic (exact) mass is 433 g/mol. The molecule has 0 radical (unpaired) electrons. The molecule has 0 atom stereocenters. The van der Waals surface area contributed by atoms with Gasteiger partial charge in [0.15, 0.2) is 0 Å². The van der Waals surface area contributed by atoms with Crippen molar-refractivity contribution in [3.8, 4) is 5.75 Å². The van der Waals surface area contributed by atoms with E-state index in [0.29, 0.717) is 30.9 Å². The fraction of sp³-hybridized carbons (Fsp3) is 0.286. The highest BCUT2D eigenvalue weighted by atomic mass is 79.9. The van der Waals surface area contributed by atoms with E-state index in [4.69, 9.17) is 14.3 Å². The van der Waals surface area contributed by atoms with Crippen molar-refractivity contribution in [2.24, 2.45) is 0 Å². The smallest absolute Gasteiger partial charge is 0.335 e. The van der Waals surface area contributed by atoms with Crippen molar-refractivity contribution in [1.29, 1.82) is 0 Å². The molecule has 0 spiro atoms. The number of carbonyl (C=O) groups excluding carboxylic acids is 1. The minimum atomic E-state index is -0.386. The summed E-state index contributed by atoms with van der Waals surface area (Å²) >= 11 is 3.33. The summed E-state index contributed by atoms with van der Waals surface area (Å²) in [6.07, 6.45) is 0.429. The Morgan fingerprint density at radius 1 is 1.04 bits per heavy atom. The van der Waals surface area contributed by atoms with Gasteiger partial charge in [0, 0.05) is 17.4 Å². The van der Waals surface area contributed by atoms with E-state index in [0.717, 1.165) is 22.2 Å². The first-order valence-corrected chi connectivity index (χ1v) is 9.73. The van der Waals surface area contributed by atoms with Crippen molar-refractivity contribution in [3.63, 3.8) is 0 Å². The standard InChI is InChI=1S/C21H24BrNO4/c1-16(23-27-15-18-6-4-3-5-7-18)20(21(24)25-2)14-17-8-10-19(11-9-17)26-13-12-22/h3-11,23H,12-15H2,1-2H3. The van der Waals surface area contributed by atoms with E-state index in [1.807, 2.05) is 54.6 Å². The highest BCUT2D eigenvalue weighted by molar-refractivity contribution is 9.09. The number of rotatable bonds is 10. The lowest BCUT2D eigenvalue weighted by atomic mass is 10.0. The summed E-state index contributed by atoms with van der Waals surface area (Å²) in [7, 11) is 1.37. The van der Waals surface area contributed by atoms with Gasteiger partial charge in [0.1, 0.15) is 5.75 Å². The molecule has 144 valence electrons. The fourth-order valence-electron chi connectivity index (χ4n) is 2.41. The molecule has 0 bridgehead atoms. The molecule has 1 N–H and O–H groups in total. The summed E-state index contributed by atoms with van der Waals surface area (Å²) < 4.78 is 10.5. The highest BCUT2D eigenvalue weighted by Gasteiger charge is 2.15. The minimum absolute atomic E-state index is 0.386. The molecule has 0 aliphatic carbocycles. The number of hydrogen-bond donors (Lipinski definition) is 1.